The van der Waals surface area contributed by atoms with Crippen molar-refractivity contribution in [3.05, 3.63) is 35.4 Å². The molecule has 1 aromatic carbocycles. The first kappa shape index (κ1) is 12.1. The maximum Gasteiger partial charge on any atom is 0.127 e. The number of benzene rings is 1. The Balaban J connectivity index is 1.99. The van der Waals surface area contributed by atoms with E-state index in [9.17, 15) is 0 Å². The van der Waals surface area contributed by atoms with Gasteiger partial charge in [0.2, 0.25) is 0 Å². The predicted octanol–water partition coefficient (Wildman–Crippen LogP) is 1.13. The molecule has 1 fully saturated rings. The summed E-state index contributed by atoms with van der Waals surface area (Å²) in [7, 11) is 0. The molecule has 1 atom stereocenters. The Morgan fingerprint density at radius 2 is 2.29 bits per heavy atom. The molecule has 1 aromatic rings. The Labute approximate surface area is 102 Å². The quantitative estimate of drug-likeness (QED) is 0.607. The molecule has 0 amide bonds. The van der Waals surface area contributed by atoms with E-state index in [2.05, 4.69) is 36.1 Å². The smallest absolute Gasteiger partial charge is 0.127 e. The predicted molar refractivity (Wildman–Crippen MR) is 68.1 cm³/mol. The number of nitrogens with one attached hydrogen (secondary N) is 1. The van der Waals surface area contributed by atoms with Gasteiger partial charge in [0, 0.05) is 19.6 Å². The van der Waals surface area contributed by atoms with Crippen LogP contribution in [0, 0.1) is 12.3 Å². The van der Waals surface area contributed by atoms with E-state index in [4.69, 9.17) is 15.9 Å². The molecule has 0 aliphatic carbocycles. The Morgan fingerprint density at radius 3 is 3.00 bits per heavy atom. The highest BCUT2D eigenvalue weighted by molar-refractivity contribution is 5.82. The number of aryl methyl sites for hydroxylation is 1. The average molecular weight is 233 g/mol. The highest BCUT2D eigenvalue weighted by Crippen LogP contribution is 2.13. The highest BCUT2D eigenvalue weighted by Gasteiger charge is 2.22. The molecule has 1 unspecified atom stereocenters. The molecule has 1 heterocycles. The average Bonchev–Trinajstić information content (AvgIpc) is 2.32. The number of hydrogen-bond donors (Lipinski definition) is 2. The Kier molecular flexibility index (Phi) is 3.76. The monoisotopic (exact) mass is 233 g/mol. The maximum absolute atomic E-state index is 7.43. The second-order valence-corrected chi connectivity index (χ2v) is 4.48. The molecule has 3 N–H and O–H groups in total. The topological polar surface area (TPSA) is 62.3 Å². The molecule has 17 heavy (non-hydrogen) atoms. The second-order valence-electron chi connectivity index (χ2n) is 4.48. The van der Waals surface area contributed by atoms with Crippen LogP contribution in [-0.4, -0.2) is 36.5 Å². The molecule has 0 spiro atoms. The normalized spacial score (nSPS) is 21.4. The number of amidine groups is 1. The van der Waals surface area contributed by atoms with E-state index < -0.39 is 0 Å². The third-order valence-electron chi connectivity index (χ3n) is 3.15. The lowest BCUT2D eigenvalue weighted by Crippen LogP contribution is -2.47. The van der Waals surface area contributed by atoms with E-state index in [1.54, 1.807) is 0 Å². The number of nitrogens with two attached hydrogens (primary N) is 1. The first-order valence-corrected chi connectivity index (χ1v) is 5.89. The van der Waals surface area contributed by atoms with Gasteiger partial charge >= 0.3 is 0 Å². The third-order valence-corrected chi connectivity index (χ3v) is 3.15. The summed E-state index contributed by atoms with van der Waals surface area (Å²) in [6.07, 6.45) is -0.243. The summed E-state index contributed by atoms with van der Waals surface area (Å²) >= 11 is 0. The molecule has 0 radical (unpaired) electrons. The van der Waals surface area contributed by atoms with E-state index in [-0.39, 0.29) is 11.9 Å². The molecule has 4 heteroatoms. The van der Waals surface area contributed by atoms with Gasteiger partial charge < -0.3 is 10.5 Å². The molecule has 92 valence electrons. The Hall–Kier alpha value is -1.39. The zero-order chi connectivity index (χ0) is 12.3. The zero-order valence-corrected chi connectivity index (χ0v) is 10.1. The van der Waals surface area contributed by atoms with E-state index in [1.807, 2.05) is 0 Å². The van der Waals surface area contributed by atoms with Crippen LogP contribution >= 0.6 is 0 Å². The summed E-state index contributed by atoms with van der Waals surface area (Å²) < 4.78 is 5.45. The molecule has 1 aliphatic heterocycles. The van der Waals surface area contributed by atoms with Gasteiger partial charge in [-0.15, -0.1) is 0 Å². The van der Waals surface area contributed by atoms with Crippen molar-refractivity contribution in [2.75, 3.05) is 19.7 Å². The number of ether oxygens (including phenoxy) is 1. The van der Waals surface area contributed by atoms with Crippen LogP contribution in [0.2, 0.25) is 0 Å². The van der Waals surface area contributed by atoms with Crippen molar-refractivity contribution in [3.63, 3.8) is 0 Å². The Morgan fingerprint density at radius 1 is 1.53 bits per heavy atom. The highest BCUT2D eigenvalue weighted by atomic mass is 16.5. The van der Waals surface area contributed by atoms with Gasteiger partial charge in [0.25, 0.3) is 0 Å². The summed E-state index contributed by atoms with van der Waals surface area (Å²) in [5.41, 5.74) is 8.12. The SMILES string of the molecule is Cc1ccccc1CN1CCOC(C(=N)N)C1. The lowest BCUT2D eigenvalue weighted by Gasteiger charge is -2.32. The molecule has 0 saturated carbocycles. The fourth-order valence-corrected chi connectivity index (χ4v) is 2.06. The first-order valence-electron chi connectivity index (χ1n) is 5.89. The molecular formula is C13H19N3O. The molecule has 1 saturated heterocycles. The van der Waals surface area contributed by atoms with Gasteiger partial charge in [0.05, 0.1) is 6.61 Å². The van der Waals surface area contributed by atoms with E-state index in [1.165, 1.54) is 11.1 Å². The van der Waals surface area contributed by atoms with Crippen molar-refractivity contribution in [1.29, 1.82) is 5.41 Å². The van der Waals surface area contributed by atoms with Gasteiger partial charge in [-0.05, 0) is 18.1 Å². The fourth-order valence-electron chi connectivity index (χ4n) is 2.06. The summed E-state index contributed by atoms with van der Waals surface area (Å²) in [4.78, 5) is 2.29. The zero-order valence-electron chi connectivity index (χ0n) is 10.1. The lowest BCUT2D eigenvalue weighted by atomic mass is 10.1. The summed E-state index contributed by atoms with van der Waals surface area (Å²) in [6.45, 7) is 5.29. The molecule has 0 aromatic heterocycles. The van der Waals surface area contributed by atoms with E-state index in [0.717, 1.165) is 13.1 Å². The van der Waals surface area contributed by atoms with Crippen LogP contribution in [0.5, 0.6) is 0 Å². The van der Waals surface area contributed by atoms with Crippen molar-refractivity contribution in [2.24, 2.45) is 5.73 Å². The molecular weight excluding hydrogens is 214 g/mol. The van der Waals surface area contributed by atoms with Crippen molar-refractivity contribution in [1.82, 2.24) is 4.90 Å². The van der Waals surface area contributed by atoms with Crippen LogP contribution in [0.15, 0.2) is 24.3 Å². The summed E-state index contributed by atoms with van der Waals surface area (Å²) in [5.74, 6) is 0.125. The fraction of sp³-hybridized carbons (Fsp3) is 0.462. The molecule has 0 bridgehead atoms. The van der Waals surface area contributed by atoms with Gasteiger partial charge in [0.1, 0.15) is 11.9 Å². The van der Waals surface area contributed by atoms with Gasteiger partial charge in [-0.25, -0.2) is 0 Å². The largest absolute Gasteiger partial charge is 0.385 e. The van der Waals surface area contributed by atoms with E-state index in [0.29, 0.717) is 13.2 Å². The minimum atomic E-state index is -0.243. The number of hydrogen-bond acceptors (Lipinski definition) is 3. The van der Waals surface area contributed by atoms with Gasteiger partial charge in [-0.3, -0.25) is 10.3 Å². The summed E-state index contributed by atoms with van der Waals surface area (Å²) in [5, 5.41) is 7.43. The summed E-state index contributed by atoms with van der Waals surface area (Å²) in [6, 6.07) is 8.38. The Bertz CT molecular complexity index is 405. The minimum absolute atomic E-state index is 0.125. The molecule has 2 rings (SSSR count). The number of rotatable bonds is 3. The maximum atomic E-state index is 7.43. The lowest BCUT2D eigenvalue weighted by molar-refractivity contribution is 0.00230. The minimum Gasteiger partial charge on any atom is -0.385 e. The standard InChI is InChI=1S/C13H19N3O/c1-10-4-2-3-5-11(10)8-16-6-7-17-12(9-16)13(14)15/h2-5,12H,6-9H2,1H3,(H3,14,15). The van der Waals surface area contributed by atoms with Crippen molar-refractivity contribution in [3.8, 4) is 0 Å². The van der Waals surface area contributed by atoms with Gasteiger partial charge in [0.15, 0.2) is 0 Å². The number of morpholine rings is 1. The molecule has 1 aliphatic rings. The van der Waals surface area contributed by atoms with Crippen molar-refractivity contribution >= 4 is 5.84 Å². The van der Waals surface area contributed by atoms with Crippen LogP contribution in [-0.2, 0) is 11.3 Å². The van der Waals surface area contributed by atoms with Crippen LogP contribution in [0.25, 0.3) is 0 Å². The van der Waals surface area contributed by atoms with Crippen molar-refractivity contribution < 1.29 is 4.74 Å². The van der Waals surface area contributed by atoms with Gasteiger partial charge in [-0.2, -0.15) is 0 Å². The van der Waals surface area contributed by atoms with Crippen LogP contribution in [0.3, 0.4) is 0 Å². The van der Waals surface area contributed by atoms with Crippen molar-refractivity contribution in [2.45, 2.75) is 19.6 Å². The second kappa shape index (κ2) is 5.29. The first-order chi connectivity index (χ1) is 8.16. The number of nitrogens with zero attached hydrogens (tertiary/aromatic N) is 1. The third kappa shape index (κ3) is 3.05. The van der Waals surface area contributed by atoms with E-state index >= 15 is 0 Å². The van der Waals surface area contributed by atoms with Crippen LogP contribution in [0.1, 0.15) is 11.1 Å². The van der Waals surface area contributed by atoms with Gasteiger partial charge in [-0.1, -0.05) is 24.3 Å². The van der Waals surface area contributed by atoms with Crippen LogP contribution < -0.4 is 5.73 Å². The molecule has 4 nitrogen and oxygen atoms in total. The van der Waals surface area contributed by atoms with Crippen LogP contribution in [0.4, 0.5) is 0 Å².